The normalized spacial score (nSPS) is 24.6. The average molecular weight is 535 g/mol. The van der Waals surface area contributed by atoms with Crippen molar-refractivity contribution in [3.8, 4) is 0 Å². The summed E-state index contributed by atoms with van der Waals surface area (Å²) in [4.78, 5) is 10.8. The first-order chi connectivity index (χ1) is 17.2. The highest BCUT2D eigenvalue weighted by Crippen LogP contribution is 2.25. The first-order valence-corrected chi connectivity index (χ1v) is 12.1. The van der Waals surface area contributed by atoms with Crippen LogP contribution in [0.15, 0.2) is 47.4 Å². The fraction of sp³-hybridized carbons (Fsp3) is 0.440. The summed E-state index contributed by atoms with van der Waals surface area (Å²) in [6.45, 7) is 8.11. The van der Waals surface area contributed by atoms with Gasteiger partial charge in [0.2, 0.25) is 5.79 Å². The molecule has 0 bridgehead atoms. The number of likely N-dealkylation sites (tertiary alicyclic amines) is 1. The number of piperazine rings is 1. The highest BCUT2D eigenvalue weighted by atomic mass is 35.5. The maximum Gasteiger partial charge on any atom is 0.228 e. The van der Waals surface area contributed by atoms with Crippen LogP contribution in [-0.2, 0) is 5.79 Å². The van der Waals surface area contributed by atoms with Crippen molar-refractivity contribution in [1.29, 1.82) is 0 Å². The maximum absolute atomic E-state index is 13.6. The van der Waals surface area contributed by atoms with E-state index in [-0.39, 0.29) is 24.6 Å². The van der Waals surface area contributed by atoms with E-state index in [0.29, 0.717) is 31.9 Å². The van der Waals surface area contributed by atoms with Gasteiger partial charge in [-0.15, -0.1) is 12.4 Å². The number of nitrogens with zero attached hydrogens (tertiary/aromatic N) is 6. The monoisotopic (exact) mass is 534 g/mol. The van der Waals surface area contributed by atoms with Gasteiger partial charge in [0.25, 0.3) is 0 Å². The lowest BCUT2D eigenvalue weighted by molar-refractivity contribution is 0.0204. The predicted molar refractivity (Wildman–Crippen MR) is 142 cm³/mol. The van der Waals surface area contributed by atoms with Crippen molar-refractivity contribution in [2.24, 2.45) is 10.7 Å². The molecule has 37 heavy (non-hydrogen) atoms. The zero-order valence-electron chi connectivity index (χ0n) is 20.9. The molecule has 2 saturated heterocycles. The fourth-order valence-electron chi connectivity index (χ4n) is 4.92. The molecule has 3 aliphatic rings. The molecule has 2 fully saturated rings. The van der Waals surface area contributed by atoms with Gasteiger partial charge in [0.05, 0.1) is 18.6 Å². The van der Waals surface area contributed by atoms with Gasteiger partial charge in [0.1, 0.15) is 17.5 Å². The number of nitrogens with one attached hydrogen (secondary N) is 1. The second-order valence-corrected chi connectivity index (χ2v) is 9.69. The van der Waals surface area contributed by atoms with Gasteiger partial charge in [0, 0.05) is 74.4 Å². The number of halogens is 3. The summed E-state index contributed by atoms with van der Waals surface area (Å²) in [6, 6.07) is 3.88. The van der Waals surface area contributed by atoms with Gasteiger partial charge in [-0.2, -0.15) is 5.10 Å². The molecule has 2 aromatic rings. The van der Waals surface area contributed by atoms with Crippen molar-refractivity contribution >= 4 is 30.5 Å². The number of hydrogen-bond donors (Lipinski definition) is 3. The summed E-state index contributed by atoms with van der Waals surface area (Å²) >= 11 is 0. The second-order valence-electron chi connectivity index (χ2n) is 9.69. The van der Waals surface area contributed by atoms with Crippen molar-refractivity contribution in [2.45, 2.75) is 31.8 Å². The highest BCUT2D eigenvalue weighted by molar-refractivity contribution is 5.85. The van der Waals surface area contributed by atoms with Crippen molar-refractivity contribution < 1.29 is 13.9 Å². The fourth-order valence-corrected chi connectivity index (χ4v) is 4.92. The number of hydrogen-bond acceptors (Lipinski definition) is 8. The highest BCUT2D eigenvalue weighted by Gasteiger charge is 2.34. The summed E-state index contributed by atoms with van der Waals surface area (Å²) in [7, 11) is 0. The molecule has 12 heteroatoms. The maximum atomic E-state index is 13.6. The molecule has 5 rings (SSSR count). The van der Waals surface area contributed by atoms with E-state index >= 15 is 0 Å². The molecular weight excluding hydrogens is 502 g/mol. The summed E-state index contributed by atoms with van der Waals surface area (Å²) in [6.07, 6.45) is 8.97. The number of aromatic nitrogens is 2. The summed E-state index contributed by atoms with van der Waals surface area (Å²) in [5.74, 6) is -1.46. The van der Waals surface area contributed by atoms with Crippen LogP contribution in [0.4, 0.5) is 14.5 Å². The van der Waals surface area contributed by atoms with E-state index in [1.165, 1.54) is 12.1 Å². The Morgan fingerprint density at radius 2 is 1.89 bits per heavy atom. The van der Waals surface area contributed by atoms with E-state index in [1.807, 2.05) is 28.9 Å². The lowest BCUT2D eigenvalue weighted by atomic mass is 10.1. The Morgan fingerprint density at radius 1 is 1.16 bits per heavy atom. The Kier molecular flexibility index (Phi) is 7.88. The molecule has 1 aromatic heterocycles. The molecule has 0 aliphatic carbocycles. The Labute approximate surface area is 221 Å². The Hall–Kier alpha value is -2.99. The molecule has 9 nitrogen and oxygen atoms in total. The number of rotatable bonds is 6. The minimum atomic E-state index is -1.15. The number of anilines is 1. The quantitative estimate of drug-likeness (QED) is 0.520. The van der Waals surface area contributed by atoms with Crippen molar-refractivity contribution in [3.05, 3.63) is 65.3 Å². The van der Waals surface area contributed by atoms with Gasteiger partial charge in [-0.25, -0.2) is 18.5 Å². The summed E-state index contributed by atoms with van der Waals surface area (Å²) in [5, 5.41) is 17.2. The van der Waals surface area contributed by atoms with E-state index in [1.54, 1.807) is 17.2 Å². The van der Waals surface area contributed by atoms with Crippen LogP contribution in [0.5, 0.6) is 0 Å². The number of β-amino-alcohol motifs (C(OH)–C–C–N with tert-alkyl or cyclic N) is 1. The van der Waals surface area contributed by atoms with E-state index in [0.717, 1.165) is 36.2 Å². The molecule has 4 heterocycles. The van der Waals surface area contributed by atoms with Gasteiger partial charge in [-0.3, -0.25) is 10.6 Å². The molecule has 0 spiro atoms. The minimum Gasteiger partial charge on any atom is -0.389 e. The van der Waals surface area contributed by atoms with Crippen LogP contribution >= 0.6 is 12.4 Å². The van der Waals surface area contributed by atoms with Crippen LogP contribution in [0.25, 0.3) is 6.08 Å². The summed E-state index contributed by atoms with van der Waals surface area (Å²) < 4.78 is 28.9. The summed E-state index contributed by atoms with van der Waals surface area (Å²) in [5.41, 5.74) is 9.01. The van der Waals surface area contributed by atoms with Gasteiger partial charge in [-0.05, 0) is 26.0 Å². The topological polar surface area (TPSA) is 98.2 Å². The molecule has 3 aliphatic heterocycles. The number of nitrogens with two attached hydrogens (primary N) is 1. The minimum absolute atomic E-state index is 0. The van der Waals surface area contributed by atoms with Crippen LogP contribution in [0.1, 0.15) is 18.2 Å². The van der Waals surface area contributed by atoms with Crippen LogP contribution in [0.3, 0.4) is 0 Å². The molecular formula is C25H33ClF2N8O. The molecule has 200 valence electrons. The lowest BCUT2D eigenvalue weighted by Crippen LogP contribution is -2.55. The van der Waals surface area contributed by atoms with Crippen LogP contribution in [0.2, 0.25) is 0 Å². The third kappa shape index (κ3) is 5.64. The third-order valence-electron chi connectivity index (χ3n) is 7.04. The van der Waals surface area contributed by atoms with Crippen LogP contribution in [-0.4, -0.2) is 82.4 Å². The molecule has 2 atom stereocenters. The van der Waals surface area contributed by atoms with Crippen molar-refractivity contribution in [3.63, 3.8) is 0 Å². The van der Waals surface area contributed by atoms with Crippen LogP contribution in [0, 0.1) is 18.6 Å². The van der Waals surface area contributed by atoms with E-state index in [4.69, 9.17) is 5.73 Å². The first kappa shape index (κ1) is 27.1. The van der Waals surface area contributed by atoms with Crippen LogP contribution < -0.4 is 16.0 Å². The third-order valence-corrected chi connectivity index (χ3v) is 7.04. The molecule has 0 radical (unpaired) electrons. The Bertz CT molecular complexity index is 1190. The van der Waals surface area contributed by atoms with Gasteiger partial charge in [-0.1, -0.05) is 12.2 Å². The Morgan fingerprint density at radius 3 is 2.57 bits per heavy atom. The van der Waals surface area contributed by atoms with E-state index < -0.39 is 17.4 Å². The molecule has 0 saturated carbocycles. The second kappa shape index (κ2) is 10.8. The van der Waals surface area contributed by atoms with Gasteiger partial charge in [0.15, 0.2) is 0 Å². The molecule has 1 aromatic carbocycles. The lowest BCUT2D eigenvalue weighted by Gasteiger charge is -2.41. The van der Waals surface area contributed by atoms with Crippen molar-refractivity contribution in [2.75, 3.05) is 44.2 Å². The number of benzene rings is 1. The van der Waals surface area contributed by atoms with Gasteiger partial charge >= 0.3 is 0 Å². The number of aliphatic imine (C=N–C) groups is 1. The van der Waals surface area contributed by atoms with Crippen molar-refractivity contribution in [1.82, 2.24) is 24.9 Å². The number of aliphatic hydroxyl groups is 1. The zero-order chi connectivity index (χ0) is 25.4. The Balaban J connectivity index is 0.00000320. The number of aliphatic hydroxyl groups excluding tert-OH is 1. The molecule has 0 amide bonds. The van der Waals surface area contributed by atoms with Gasteiger partial charge < -0.3 is 20.2 Å². The zero-order valence-corrected chi connectivity index (χ0v) is 21.7. The van der Waals surface area contributed by atoms with E-state index in [2.05, 4.69) is 33.3 Å². The smallest absolute Gasteiger partial charge is 0.228 e. The van der Waals surface area contributed by atoms with E-state index in [9.17, 15) is 13.9 Å². The average Bonchev–Trinajstić information content (AvgIpc) is 3.18. The molecule has 1 unspecified atom stereocenters. The standard InChI is InChI=1S/C25H32F2N8O.ClH/c1-17-13-33(22-9-20(26)8-21(27)10-22)7-6-32(17)5-3-4-19-12-31-35(18(19)2)25(28)11-24(29-16-30-25)34-14-23(36)15-34;/h3-4,8-12,16-17,23,36H,5-7,13-15,28H2,1-2H3,(H,29,30);1H/t17-,25?;/m1./s1. The SMILES string of the molecule is Cc1c(C=CCN2CCN(c3cc(F)cc(F)c3)C[C@H]2C)cnn1C1(N)C=C(N2CC(O)C2)NC=N1.Cl. The molecule has 4 N–H and O–H groups in total. The predicted octanol–water partition coefficient (Wildman–Crippen LogP) is 1.83. The first-order valence-electron chi connectivity index (χ1n) is 12.1. The largest absolute Gasteiger partial charge is 0.389 e.